The number of benzene rings is 2. The molecular formula is C20H18N4O3S. The molecule has 142 valence electrons. The van der Waals surface area contributed by atoms with Crippen LogP contribution in [0.3, 0.4) is 0 Å². The number of nitrogens with zero attached hydrogens (tertiary/aromatic N) is 3. The Kier molecular flexibility index (Phi) is 4.89. The molecule has 0 bridgehead atoms. The van der Waals surface area contributed by atoms with Gasteiger partial charge < -0.3 is 5.32 Å². The number of hydrogen-bond donors (Lipinski definition) is 1. The summed E-state index contributed by atoms with van der Waals surface area (Å²) in [4.78, 5) is 20.4. The standard InChI is InChI=1S/C20H18N4O3S/c25-20(19-13-21-9-10-22-19)23-17-7-6-15-8-11-24(14-16(15)12-17)28(26,27)18-4-2-1-3-5-18/h1-7,9-10,12-13H,8,11,14H2,(H,23,25). The first kappa shape index (κ1) is 18.3. The van der Waals surface area contributed by atoms with Gasteiger partial charge >= 0.3 is 0 Å². The van der Waals surface area contributed by atoms with E-state index < -0.39 is 10.0 Å². The molecule has 7 nitrogen and oxygen atoms in total. The molecule has 4 rings (SSSR count). The van der Waals surface area contributed by atoms with Crippen molar-refractivity contribution < 1.29 is 13.2 Å². The van der Waals surface area contributed by atoms with Gasteiger partial charge in [0.15, 0.2) is 0 Å². The van der Waals surface area contributed by atoms with Crippen molar-refractivity contribution >= 4 is 21.6 Å². The van der Waals surface area contributed by atoms with Gasteiger partial charge in [0.25, 0.3) is 5.91 Å². The minimum Gasteiger partial charge on any atom is -0.321 e. The first-order valence-electron chi connectivity index (χ1n) is 8.78. The second-order valence-corrected chi connectivity index (χ2v) is 8.37. The molecule has 2 heterocycles. The molecule has 3 aromatic rings. The van der Waals surface area contributed by atoms with Crippen LogP contribution in [0.1, 0.15) is 21.6 Å². The van der Waals surface area contributed by atoms with Crippen LogP contribution >= 0.6 is 0 Å². The van der Waals surface area contributed by atoms with Gasteiger partial charge in [0, 0.05) is 31.2 Å². The zero-order chi connectivity index (χ0) is 19.6. The Morgan fingerprint density at radius 1 is 1.04 bits per heavy atom. The maximum absolute atomic E-state index is 12.9. The van der Waals surface area contributed by atoms with E-state index in [4.69, 9.17) is 0 Å². The van der Waals surface area contributed by atoms with E-state index in [-0.39, 0.29) is 23.0 Å². The lowest BCUT2D eigenvalue weighted by Gasteiger charge is -2.28. The second-order valence-electron chi connectivity index (χ2n) is 6.43. The monoisotopic (exact) mass is 394 g/mol. The van der Waals surface area contributed by atoms with Crippen molar-refractivity contribution in [1.29, 1.82) is 0 Å². The van der Waals surface area contributed by atoms with Crippen molar-refractivity contribution in [2.24, 2.45) is 0 Å². The summed E-state index contributed by atoms with van der Waals surface area (Å²) in [7, 11) is -3.56. The number of nitrogens with one attached hydrogen (secondary N) is 1. The highest BCUT2D eigenvalue weighted by atomic mass is 32.2. The lowest BCUT2D eigenvalue weighted by Crippen LogP contribution is -2.36. The summed E-state index contributed by atoms with van der Waals surface area (Å²) < 4.78 is 27.2. The molecule has 1 amide bonds. The zero-order valence-electron chi connectivity index (χ0n) is 14.9. The molecule has 1 aliphatic rings. The van der Waals surface area contributed by atoms with Crippen molar-refractivity contribution in [2.75, 3.05) is 11.9 Å². The second kappa shape index (κ2) is 7.49. The summed E-state index contributed by atoms with van der Waals surface area (Å²) in [5, 5.41) is 2.78. The van der Waals surface area contributed by atoms with E-state index in [9.17, 15) is 13.2 Å². The van der Waals surface area contributed by atoms with Crippen LogP contribution in [0.25, 0.3) is 0 Å². The molecule has 0 fully saturated rings. The van der Waals surface area contributed by atoms with Crippen molar-refractivity contribution in [3.8, 4) is 0 Å². The van der Waals surface area contributed by atoms with E-state index in [1.54, 1.807) is 30.3 Å². The summed E-state index contributed by atoms with van der Waals surface area (Å²) >= 11 is 0. The maximum Gasteiger partial charge on any atom is 0.275 e. The molecule has 2 aromatic carbocycles. The third kappa shape index (κ3) is 3.64. The van der Waals surface area contributed by atoms with Crippen LogP contribution in [0.4, 0.5) is 5.69 Å². The van der Waals surface area contributed by atoms with E-state index in [0.29, 0.717) is 18.7 Å². The van der Waals surface area contributed by atoms with E-state index in [1.807, 2.05) is 18.2 Å². The Balaban J connectivity index is 1.55. The minimum atomic E-state index is -3.56. The number of sulfonamides is 1. The zero-order valence-corrected chi connectivity index (χ0v) is 15.8. The Morgan fingerprint density at radius 2 is 1.86 bits per heavy atom. The van der Waals surface area contributed by atoms with Gasteiger partial charge in [0.05, 0.1) is 11.1 Å². The Hall–Kier alpha value is -3.10. The third-order valence-electron chi connectivity index (χ3n) is 4.62. The third-order valence-corrected chi connectivity index (χ3v) is 6.48. The smallest absolute Gasteiger partial charge is 0.275 e. The Morgan fingerprint density at radius 3 is 2.61 bits per heavy atom. The number of carbonyl (C=O) groups excluding carboxylic acids is 1. The fraction of sp³-hybridized carbons (Fsp3) is 0.150. The fourth-order valence-corrected chi connectivity index (χ4v) is 4.61. The SMILES string of the molecule is O=C(Nc1ccc2c(c1)CN(S(=O)(=O)c1ccccc1)CC2)c1cnccn1. The minimum absolute atomic E-state index is 0.216. The van der Waals surface area contributed by atoms with Gasteiger partial charge in [0.1, 0.15) is 5.69 Å². The predicted molar refractivity (Wildman–Crippen MR) is 104 cm³/mol. The predicted octanol–water partition coefficient (Wildman–Crippen LogP) is 2.48. The lowest BCUT2D eigenvalue weighted by molar-refractivity contribution is 0.102. The van der Waals surface area contributed by atoms with Crippen LogP contribution in [0.15, 0.2) is 72.0 Å². The van der Waals surface area contributed by atoms with E-state index >= 15 is 0 Å². The maximum atomic E-state index is 12.9. The molecule has 0 saturated carbocycles. The van der Waals surface area contributed by atoms with Crippen LogP contribution in [-0.4, -0.2) is 35.1 Å². The molecule has 0 aliphatic carbocycles. The van der Waals surface area contributed by atoms with Gasteiger partial charge in [-0.15, -0.1) is 0 Å². The van der Waals surface area contributed by atoms with Gasteiger partial charge in [-0.3, -0.25) is 9.78 Å². The van der Waals surface area contributed by atoms with Crippen LogP contribution in [0.2, 0.25) is 0 Å². The molecular weight excluding hydrogens is 376 g/mol. The fourth-order valence-electron chi connectivity index (χ4n) is 3.17. The topological polar surface area (TPSA) is 92.3 Å². The number of carbonyl (C=O) groups is 1. The summed E-state index contributed by atoms with van der Waals surface area (Å²) in [6.07, 6.45) is 4.97. The number of hydrogen-bond acceptors (Lipinski definition) is 5. The first-order valence-corrected chi connectivity index (χ1v) is 10.2. The highest BCUT2D eigenvalue weighted by molar-refractivity contribution is 7.89. The van der Waals surface area contributed by atoms with Crippen molar-refractivity contribution in [2.45, 2.75) is 17.9 Å². The molecule has 0 saturated heterocycles. The van der Waals surface area contributed by atoms with Gasteiger partial charge in [-0.2, -0.15) is 4.31 Å². The quantitative estimate of drug-likeness (QED) is 0.734. The molecule has 8 heteroatoms. The summed E-state index contributed by atoms with van der Waals surface area (Å²) in [5.41, 5.74) is 2.77. The highest BCUT2D eigenvalue weighted by Crippen LogP contribution is 2.27. The largest absolute Gasteiger partial charge is 0.321 e. The van der Waals surface area contributed by atoms with Crippen molar-refractivity contribution in [1.82, 2.24) is 14.3 Å². The van der Waals surface area contributed by atoms with Gasteiger partial charge in [-0.05, 0) is 41.8 Å². The Labute approximate surface area is 163 Å². The molecule has 0 spiro atoms. The molecule has 1 aromatic heterocycles. The van der Waals surface area contributed by atoms with Crippen LogP contribution in [0.5, 0.6) is 0 Å². The van der Waals surface area contributed by atoms with E-state index in [0.717, 1.165) is 11.1 Å². The average Bonchev–Trinajstić information content (AvgIpc) is 2.74. The number of rotatable bonds is 4. The summed E-state index contributed by atoms with van der Waals surface area (Å²) in [6, 6.07) is 14.0. The van der Waals surface area contributed by atoms with E-state index in [2.05, 4.69) is 15.3 Å². The van der Waals surface area contributed by atoms with Gasteiger partial charge in [-0.25, -0.2) is 13.4 Å². The molecule has 1 N–H and O–H groups in total. The number of amides is 1. The first-order chi connectivity index (χ1) is 13.5. The lowest BCUT2D eigenvalue weighted by atomic mass is 10.0. The average molecular weight is 394 g/mol. The van der Waals surface area contributed by atoms with Gasteiger partial charge in [-0.1, -0.05) is 24.3 Å². The number of fused-ring (bicyclic) bond motifs is 1. The van der Waals surface area contributed by atoms with Crippen molar-refractivity contribution in [3.05, 3.63) is 83.9 Å². The molecule has 28 heavy (non-hydrogen) atoms. The Bertz CT molecular complexity index is 1100. The molecule has 0 atom stereocenters. The normalized spacial score (nSPS) is 14.3. The van der Waals surface area contributed by atoms with Crippen LogP contribution < -0.4 is 5.32 Å². The summed E-state index contributed by atoms with van der Waals surface area (Å²) in [6.45, 7) is 0.691. The number of aromatic nitrogens is 2. The molecule has 0 radical (unpaired) electrons. The van der Waals surface area contributed by atoms with Crippen LogP contribution in [-0.2, 0) is 23.0 Å². The van der Waals surface area contributed by atoms with Crippen LogP contribution in [0, 0.1) is 0 Å². The molecule has 0 unspecified atom stereocenters. The highest BCUT2D eigenvalue weighted by Gasteiger charge is 2.28. The van der Waals surface area contributed by atoms with Crippen molar-refractivity contribution in [3.63, 3.8) is 0 Å². The van der Waals surface area contributed by atoms with E-state index in [1.165, 1.54) is 22.9 Å². The van der Waals surface area contributed by atoms with Gasteiger partial charge in [0.2, 0.25) is 10.0 Å². The number of anilines is 1. The summed E-state index contributed by atoms with van der Waals surface area (Å²) in [5.74, 6) is -0.363. The molecule has 1 aliphatic heterocycles.